The van der Waals surface area contributed by atoms with Gasteiger partial charge >= 0.3 is 12.1 Å². The number of amides is 2. The smallest absolute Gasteiger partial charge is 0.407 e. The minimum absolute atomic E-state index is 0.0112. The average Bonchev–Trinajstić information content (AvgIpc) is 3.14. The summed E-state index contributed by atoms with van der Waals surface area (Å²) in [6.45, 7) is 4.36. The van der Waals surface area contributed by atoms with Gasteiger partial charge in [0.15, 0.2) is 0 Å². The fraction of sp³-hybridized carbons (Fsp3) is 0.400. The molecule has 2 aromatic rings. The van der Waals surface area contributed by atoms with E-state index in [1.54, 1.807) is 0 Å². The average molecular weight is 471 g/mol. The van der Waals surface area contributed by atoms with Gasteiger partial charge < -0.3 is 20.5 Å². The first-order valence-electron chi connectivity index (χ1n) is 11.1. The van der Waals surface area contributed by atoms with Crippen LogP contribution in [-0.4, -0.2) is 53.8 Å². The molecule has 3 rings (SSSR count). The Kier molecular flexibility index (Phi) is 8.77. The quantitative estimate of drug-likeness (QED) is 0.431. The zero-order chi connectivity index (χ0) is 23.8. The third-order valence-electron chi connectivity index (χ3n) is 5.88. The Hall–Kier alpha value is -3.00. The largest absolute Gasteiger partial charge is 0.481 e. The van der Waals surface area contributed by atoms with E-state index in [0.717, 1.165) is 22.3 Å². The van der Waals surface area contributed by atoms with E-state index < -0.39 is 18.1 Å². The summed E-state index contributed by atoms with van der Waals surface area (Å²) in [7, 11) is 0. The van der Waals surface area contributed by atoms with Crippen molar-refractivity contribution < 1.29 is 24.2 Å². The standard InChI is InChI=1S/C25H30N2O5S/c1-3-16(2)23(24(30)26-12-13-33-15-22(28)29)27-25(31)32-14-21-19-10-6-4-8-17(19)18-9-5-7-11-20(18)21/h4-11,16,21,23H,3,12-15H2,1-2H3,(H,26,30)(H,27,31)(H,28,29)/t16-,23-/m0/s1. The number of rotatable bonds is 11. The minimum Gasteiger partial charge on any atom is -0.481 e. The highest BCUT2D eigenvalue weighted by Gasteiger charge is 2.30. The molecule has 2 atom stereocenters. The van der Waals surface area contributed by atoms with Gasteiger partial charge in [0.25, 0.3) is 0 Å². The van der Waals surface area contributed by atoms with Crippen molar-refractivity contribution >= 4 is 29.7 Å². The van der Waals surface area contributed by atoms with Gasteiger partial charge in [0.05, 0.1) is 5.75 Å². The lowest BCUT2D eigenvalue weighted by Crippen LogP contribution is -2.50. The number of alkyl carbamates (subject to hydrolysis) is 1. The van der Waals surface area contributed by atoms with Crippen LogP contribution in [0.5, 0.6) is 0 Å². The summed E-state index contributed by atoms with van der Waals surface area (Å²) in [6, 6.07) is 15.5. The van der Waals surface area contributed by atoms with Crippen molar-refractivity contribution in [2.24, 2.45) is 5.92 Å². The molecule has 176 valence electrons. The SMILES string of the molecule is CC[C@H](C)[C@H](NC(=O)OCC1c2ccccc2-c2ccccc21)C(=O)NCCSCC(=O)O. The molecule has 0 aliphatic heterocycles. The van der Waals surface area contributed by atoms with E-state index in [1.165, 1.54) is 11.8 Å². The zero-order valence-corrected chi connectivity index (χ0v) is 19.7. The molecule has 1 aliphatic rings. The van der Waals surface area contributed by atoms with Crippen LogP contribution in [0.4, 0.5) is 4.79 Å². The maximum Gasteiger partial charge on any atom is 0.407 e. The summed E-state index contributed by atoms with van der Waals surface area (Å²) in [5.74, 6) is -0.851. The normalized spacial score (nSPS) is 14.0. The lowest BCUT2D eigenvalue weighted by Gasteiger charge is -2.24. The van der Waals surface area contributed by atoms with Crippen LogP contribution in [0, 0.1) is 5.92 Å². The topological polar surface area (TPSA) is 105 Å². The Bertz CT molecular complexity index is 951. The van der Waals surface area contributed by atoms with Crippen LogP contribution >= 0.6 is 11.8 Å². The fourth-order valence-electron chi connectivity index (χ4n) is 3.98. The molecule has 2 aromatic carbocycles. The summed E-state index contributed by atoms with van der Waals surface area (Å²) < 4.78 is 5.58. The molecule has 2 amide bonds. The van der Waals surface area contributed by atoms with E-state index in [1.807, 2.05) is 38.1 Å². The highest BCUT2D eigenvalue weighted by molar-refractivity contribution is 7.99. The molecule has 0 fully saturated rings. The number of hydrogen-bond acceptors (Lipinski definition) is 5. The first-order valence-corrected chi connectivity index (χ1v) is 12.3. The number of nitrogens with one attached hydrogen (secondary N) is 2. The fourth-order valence-corrected chi connectivity index (χ4v) is 4.55. The second kappa shape index (κ2) is 11.7. The summed E-state index contributed by atoms with van der Waals surface area (Å²) in [5, 5.41) is 14.2. The van der Waals surface area contributed by atoms with Crippen LogP contribution in [-0.2, 0) is 14.3 Å². The van der Waals surface area contributed by atoms with E-state index in [4.69, 9.17) is 9.84 Å². The molecule has 0 bridgehead atoms. The minimum atomic E-state index is -0.888. The number of benzene rings is 2. The van der Waals surface area contributed by atoms with Crippen LogP contribution in [0.15, 0.2) is 48.5 Å². The molecule has 0 unspecified atom stereocenters. The third-order valence-corrected chi connectivity index (χ3v) is 6.83. The van der Waals surface area contributed by atoms with Crippen molar-refractivity contribution in [3.05, 3.63) is 59.7 Å². The van der Waals surface area contributed by atoms with Crippen molar-refractivity contribution in [2.75, 3.05) is 24.7 Å². The molecule has 3 N–H and O–H groups in total. The van der Waals surface area contributed by atoms with Crippen LogP contribution in [0.3, 0.4) is 0 Å². The maximum atomic E-state index is 12.7. The molecule has 7 nitrogen and oxygen atoms in total. The molecule has 0 aromatic heterocycles. The van der Waals surface area contributed by atoms with Gasteiger partial charge in [-0.2, -0.15) is 0 Å². The van der Waals surface area contributed by atoms with Crippen LogP contribution in [0.1, 0.15) is 37.3 Å². The molecule has 8 heteroatoms. The molecule has 33 heavy (non-hydrogen) atoms. The Balaban J connectivity index is 1.57. The lowest BCUT2D eigenvalue weighted by atomic mass is 9.98. The number of hydrogen-bond donors (Lipinski definition) is 3. The molecule has 0 radical (unpaired) electrons. The van der Waals surface area contributed by atoms with Crippen LogP contribution in [0.25, 0.3) is 11.1 Å². The van der Waals surface area contributed by atoms with Gasteiger partial charge in [0.2, 0.25) is 5.91 Å². The Labute approximate surface area is 198 Å². The van der Waals surface area contributed by atoms with Crippen molar-refractivity contribution in [2.45, 2.75) is 32.2 Å². The van der Waals surface area contributed by atoms with E-state index in [2.05, 4.69) is 34.9 Å². The number of carbonyl (C=O) groups is 3. The number of carboxylic acids is 1. The van der Waals surface area contributed by atoms with E-state index in [0.29, 0.717) is 18.7 Å². The maximum absolute atomic E-state index is 12.7. The summed E-state index contributed by atoms with van der Waals surface area (Å²) in [6.07, 6.45) is 0.0766. The van der Waals surface area contributed by atoms with Crippen molar-refractivity contribution in [1.82, 2.24) is 10.6 Å². The second-order valence-corrected chi connectivity index (χ2v) is 9.18. The van der Waals surface area contributed by atoms with Crippen molar-refractivity contribution in [3.8, 4) is 11.1 Å². The predicted octanol–water partition coefficient (Wildman–Crippen LogP) is 3.87. The van der Waals surface area contributed by atoms with E-state index in [9.17, 15) is 14.4 Å². The Morgan fingerprint density at radius 1 is 1.06 bits per heavy atom. The molecule has 0 saturated heterocycles. The number of ether oxygens (including phenoxy) is 1. The number of carboxylic acid groups (broad SMARTS) is 1. The van der Waals surface area contributed by atoms with Crippen LogP contribution < -0.4 is 10.6 Å². The van der Waals surface area contributed by atoms with Gasteiger partial charge in [-0.1, -0.05) is 68.8 Å². The lowest BCUT2D eigenvalue weighted by molar-refractivity contribution is -0.133. The molecular formula is C25H30N2O5S. The molecule has 0 saturated carbocycles. The van der Waals surface area contributed by atoms with Gasteiger partial charge in [-0.15, -0.1) is 11.8 Å². The van der Waals surface area contributed by atoms with E-state index in [-0.39, 0.29) is 30.1 Å². The molecule has 0 spiro atoms. The Morgan fingerprint density at radius 3 is 2.24 bits per heavy atom. The highest BCUT2D eigenvalue weighted by Crippen LogP contribution is 2.44. The van der Waals surface area contributed by atoms with Gasteiger partial charge in [-0.25, -0.2) is 4.79 Å². The van der Waals surface area contributed by atoms with Crippen molar-refractivity contribution in [3.63, 3.8) is 0 Å². The predicted molar refractivity (Wildman–Crippen MR) is 129 cm³/mol. The van der Waals surface area contributed by atoms with Gasteiger partial charge in [0.1, 0.15) is 12.6 Å². The Morgan fingerprint density at radius 2 is 1.67 bits per heavy atom. The first-order chi connectivity index (χ1) is 15.9. The number of thioether (sulfide) groups is 1. The first kappa shape index (κ1) is 24.6. The molecular weight excluding hydrogens is 440 g/mol. The summed E-state index contributed by atoms with van der Waals surface area (Å²) >= 11 is 1.23. The summed E-state index contributed by atoms with van der Waals surface area (Å²) in [4.78, 5) is 35.9. The number of fused-ring (bicyclic) bond motifs is 3. The monoisotopic (exact) mass is 470 g/mol. The van der Waals surface area contributed by atoms with E-state index >= 15 is 0 Å². The van der Waals surface area contributed by atoms with Gasteiger partial charge in [0, 0.05) is 18.2 Å². The van der Waals surface area contributed by atoms with Crippen molar-refractivity contribution in [1.29, 1.82) is 0 Å². The molecule has 1 aliphatic carbocycles. The molecule has 0 heterocycles. The van der Waals surface area contributed by atoms with Crippen LogP contribution in [0.2, 0.25) is 0 Å². The van der Waals surface area contributed by atoms with Gasteiger partial charge in [-0.3, -0.25) is 9.59 Å². The zero-order valence-electron chi connectivity index (χ0n) is 18.9. The third kappa shape index (κ3) is 6.28. The summed E-state index contributed by atoms with van der Waals surface area (Å²) in [5.41, 5.74) is 4.56. The highest BCUT2D eigenvalue weighted by atomic mass is 32.2. The number of carbonyl (C=O) groups excluding carboxylic acids is 2. The van der Waals surface area contributed by atoms with Gasteiger partial charge in [-0.05, 0) is 28.2 Å². The number of aliphatic carboxylic acids is 1. The second-order valence-electron chi connectivity index (χ2n) is 8.07.